The van der Waals surface area contributed by atoms with Crippen molar-refractivity contribution in [1.29, 1.82) is 0 Å². The molecular weight excluding hydrogens is 254 g/mol. The van der Waals surface area contributed by atoms with Crippen LogP contribution in [-0.2, 0) is 16.1 Å². The minimum atomic E-state index is -0.0447. The van der Waals surface area contributed by atoms with Gasteiger partial charge in [0.05, 0.1) is 6.61 Å². The molecule has 0 heterocycles. The number of likely N-dealkylation sites (N-methyl/N-ethyl adjacent to an activating group) is 1. The Morgan fingerprint density at radius 1 is 1.30 bits per heavy atom. The summed E-state index contributed by atoms with van der Waals surface area (Å²) in [6.45, 7) is 5.81. The van der Waals surface area contributed by atoms with Crippen LogP contribution in [-0.4, -0.2) is 51.2 Å². The molecule has 0 saturated carbocycles. The summed E-state index contributed by atoms with van der Waals surface area (Å²) in [6.07, 6.45) is 0. The minimum absolute atomic E-state index is 0.0447. The molecule has 1 aromatic carbocycles. The SMILES string of the molecule is COCCN(C)CCNCc1ccccc1NC(C)=O. The van der Waals surface area contributed by atoms with Gasteiger partial charge in [-0.25, -0.2) is 0 Å². The van der Waals surface area contributed by atoms with Crippen molar-refractivity contribution in [1.82, 2.24) is 10.2 Å². The number of hydrogen-bond acceptors (Lipinski definition) is 4. The molecule has 0 spiro atoms. The number of nitrogens with one attached hydrogen (secondary N) is 2. The molecule has 0 fully saturated rings. The summed E-state index contributed by atoms with van der Waals surface area (Å²) in [6, 6.07) is 7.84. The molecule has 0 aliphatic carbocycles. The first-order valence-corrected chi connectivity index (χ1v) is 6.87. The average Bonchev–Trinajstić information content (AvgIpc) is 2.42. The van der Waals surface area contributed by atoms with Crippen molar-refractivity contribution in [3.05, 3.63) is 29.8 Å². The number of ether oxygens (including phenoxy) is 1. The fourth-order valence-corrected chi connectivity index (χ4v) is 1.84. The molecule has 0 aliphatic heterocycles. The van der Waals surface area contributed by atoms with Crippen molar-refractivity contribution < 1.29 is 9.53 Å². The first-order chi connectivity index (χ1) is 9.63. The lowest BCUT2D eigenvalue weighted by Gasteiger charge is -2.16. The number of hydrogen-bond donors (Lipinski definition) is 2. The molecule has 1 rings (SSSR count). The zero-order valence-corrected chi connectivity index (χ0v) is 12.6. The van der Waals surface area contributed by atoms with Crippen molar-refractivity contribution in [2.45, 2.75) is 13.5 Å². The highest BCUT2D eigenvalue weighted by atomic mass is 16.5. The highest BCUT2D eigenvalue weighted by Gasteiger charge is 2.03. The van der Waals surface area contributed by atoms with E-state index >= 15 is 0 Å². The van der Waals surface area contributed by atoms with Crippen molar-refractivity contribution in [3.63, 3.8) is 0 Å². The number of nitrogens with zero attached hydrogens (tertiary/aromatic N) is 1. The summed E-state index contributed by atoms with van der Waals surface area (Å²) < 4.78 is 5.04. The Morgan fingerprint density at radius 2 is 2.05 bits per heavy atom. The molecule has 0 saturated heterocycles. The fraction of sp³-hybridized carbons (Fsp3) is 0.533. The molecule has 0 aliphatic rings. The predicted molar refractivity (Wildman–Crippen MR) is 81.8 cm³/mol. The van der Waals surface area contributed by atoms with E-state index in [4.69, 9.17) is 4.74 Å². The van der Waals surface area contributed by atoms with E-state index in [0.717, 1.165) is 44.0 Å². The maximum absolute atomic E-state index is 11.1. The lowest BCUT2D eigenvalue weighted by atomic mass is 10.1. The van der Waals surface area contributed by atoms with E-state index in [2.05, 4.69) is 22.6 Å². The normalized spacial score (nSPS) is 10.8. The summed E-state index contributed by atoms with van der Waals surface area (Å²) in [5.74, 6) is -0.0447. The molecule has 0 aromatic heterocycles. The molecule has 5 nitrogen and oxygen atoms in total. The smallest absolute Gasteiger partial charge is 0.221 e. The molecule has 0 atom stereocenters. The van der Waals surface area contributed by atoms with Crippen molar-refractivity contribution >= 4 is 11.6 Å². The zero-order valence-electron chi connectivity index (χ0n) is 12.6. The van der Waals surface area contributed by atoms with Gasteiger partial charge in [-0.3, -0.25) is 4.79 Å². The Morgan fingerprint density at radius 3 is 2.75 bits per heavy atom. The Kier molecular flexibility index (Phi) is 7.87. The molecule has 112 valence electrons. The molecule has 5 heteroatoms. The van der Waals surface area contributed by atoms with Gasteiger partial charge in [0.15, 0.2) is 0 Å². The Balaban J connectivity index is 2.33. The van der Waals surface area contributed by atoms with E-state index in [-0.39, 0.29) is 5.91 Å². The largest absolute Gasteiger partial charge is 0.383 e. The van der Waals surface area contributed by atoms with Crippen molar-refractivity contribution in [2.24, 2.45) is 0 Å². The Hall–Kier alpha value is -1.43. The molecular formula is C15H25N3O2. The van der Waals surface area contributed by atoms with Crippen LogP contribution in [0.25, 0.3) is 0 Å². The summed E-state index contributed by atoms with van der Waals surface area (Å²) in [7, 11) is 3.79. The average molecular weight is 279 g/mol. The molecule has 0 radical (unpaired) electrons. The van der Waals surface area contributed by atoms with Crippen LogP contribution in [0.5, 0.6) is 0 Å². The van der Waals surface area contributed by atoms with E-state index in [1.54, 1.807) is 7.11 Å². The second-order valence-corrected chi connectivity index (χ2v) is 4.81. The second kappa shape index (κ2) is 9.47. The molecule has 2 N–H and O–H groups in total. The third-order valence-corrected chi connectivity index (χ3v) is 2.99. The van der Waals surface area contributed by atoms with E-state index in [9.17, 15) is 4.79 Å². The monoisotopic (exact) mass is 279 g/mol. The summed E-state index contributed by atoms with van der Waals surface area (Å²) >= 11 is 0. The molecule has 0 bridgehead atoms. The van der Waals surface area contributed by atoms with Gasteiger partial charge in [0.25, 0.3) is 0 Å². The predicted octanol–water partition coefficient (Wildman–Crippen LogP) is 1.31. The molecule has 20 heavy (non-hydrogen) atoms. The number of amides is 1. The van der Waals surface area contributed by atoms with Gasteiger partial charge in [0.1, 0.15) is 0 Å². The second-order valence-electron chi connectivity index (χ2n) is 4.81. The van der Waals surface area contributed by atoms with E-state index in [0.29, 0.717) is 0 Å². The molecule has 0 unspecified atom stereocenters. The van der Waals surface area contributed by atoms with Gasteiger partial charge in [-0.2, -0.15) is 0 Å². The van der Waals surface area contributed by atoms with Gasteiger partial charge >= 0.3 is 0 Å². The standard InChI is InChI=1S/C15H25N3O2/c1-13(19)17-15-7-5-4-6-14(15)12-16-8-9-18(2)10-11-20-3/h4-7,16H,8-12H2,1-3H3,(H,17,19). The first kappa shape index (κ1) is 16.6. The molecule has 1 amide bonds. The summed E-state index contributed by atoms with van der Waals surface area (Å²) in [4.78, 5) is 13.4. The Bertz CT molecular complexity index is 410. The Labute approximate surface area is 121 Å². The first-order valence-electron chi connectivity index (χ1n) is 6.87. The van der Waals surface area contributed by atoms with Gasteiger partial charge in [-0.05, 0) is 18.7 Å². The topological polar surface area (TPSA) is 53.6 Å². The van der Waals surface area contributed by atoms with Crippen LogP contribution < -0.4 is 10.6 Å². The summed E-state index contributed by atoms with van der Waals surface area (Å²) in [5, 5.41) is 6.23. The van der Waals surface area contributed by atoms with E-state index in [1.165, 1.54) is 6.92 Å². The lowest BCUT2D eigenvalue weighted by molar-refractivity contribution is -0.114. The maximum Gasteiger partial charge on any atom is 0.221 e. The lowest BCUT2D eigenvalue weighted by Crippen LogP contribution is -2.31. The van der Waals surface area contributed by atoms with Gasteiger partial charge in [-0.15, -0.1) is 0 Å². The van der Waals surface area contributed by atoms with Gasteiger partial charge in [0, 0.05) is 45.9 Å². The van der Waals surface area contributed by atoms with Crippen molar-refractivity contribution in [3.8, 4) is 0 Å². The number of carbonyl (C=O) groups excluding carboxylic acids is 1. The highest BCUT2D eigenvalue weighted by molar-refractivity contribution is 5.89. The van der Waals surface area contributed by atoms with Crippen LogP contribution in [0.1, 0.15) is 12.5 Å². The molecule has 1 aromatic rings. The van der Waals surface area contributed by atoms with Crippen molar-refractivity contribution in [2.75, 3.05) is 45.7 Å². The van der Waals surface area contributed by atoms with Gasteiger partial charge in [0.2, 0.25) is 5.91 Å². The van der Waals surface area contributed by atoms with Crippen LogP contribution in [0, 0.1) is 0 Å². The van der Waals surface area contributed by atoms with Gasteiger partial charge < -0.3 is 20.3 Å². The number of rotatable bonds is 9. The van der Waals surface area contributed by atoms with Gasteiger partial charge in [-0.1, -0.05) is 18.2 Å². The number of methoxy groups -OCH3 is 1. The number of anilines is 1. The quantitative estimate of drug-likeness (QED) is 0.669. The van der Waals surface area contributed by atoms with Crippen LogP contribution in [0.15, 0.2) is 24.3 Å². The summed E-state index contributed by atoms with van der Waals surface area (Å²) in [5.41, 5.74) is 1.97. The zero-order chi connectivity index (χ0) is 14.8. The maximum atomic E-state index is 11.1. The van der Waals surface area contributed by atoms with E-state index in [1.807, 2.05) is 24.3 Å². The minimum Gasteiger partial charge on any atom is -0.383 e. The van der Waals surface area contributed by atoms with Crippen LogP contribution >= 0.6 is 0 Å². The number of benzene rings is 1. The van der Waals surface area contributed by atoms with Crippen LogP contribution in [0.3, 0.4) is 0 Å². The van der Waals surface area contributed by atoms with E-state index < -0.39 is 0 Å². The van der Waals surface area contributed by atoms with Crippen LogP contribution in [0.4, 0.5) is 5.69 Å². The number of para-hydroxylation sites is 1. The van der Waals surface area contributed by atoms with Crippen LogP contribution in [0.2, 0.25) is 0 Å². The third-order valence-electron chi connectivity index (χ3n) is 2.99. The fourth-order valence-electron chi connectivity index (χ4n) is 1.84. The highest BCUT2D eigenvalue weighted by Crippen LogP contribution is 2.14. The number of carbonyl (C=O) groups is 1. The third kappa shape index (κ3) is 6.65.